The number of aliphatic hydroxyl groups excluding tert-OH is 1. The molecule has 0 radical (unpaired) electrons. The molecular formula is C16H15ClO4. The summed E-state index contributed by atoms with van der Waals surface area (Å²) in [5.74, 6) is -0.576. The summed E-state index contributed by atoms with van der Waals surface area (Å²) >= 11 is 6.23. The Hall–Kier alpha value is -2.04. The molecule has 4 nitrogen and oxygen atoms in total. The Labute approximate surface area is 127 Å². The van der Waals surface area contributed by atoms with Crippen molar-refractivity contribution >= 4 is 17.6 Å². The van der Waals surface area contributed by atoms with Crippen LogP contribution in [-0.4, -0.2) is 28.9 Å². The first-order valence-corrected chi connectivity index (χ1v) is 6.81. The van der Waals surface area contributed by atoms with Gasteiger partial charge in [-0.05, 0) is 23.8 Å². The molecule has 0 bridgehead atoms. The number of halogens is 1. The number of carboxylic acids is 1. The summed E-state index contributed by atoms with van der Waals surface area (Å²) in [7, 11) is 0. The highest BCUT2D eigenvalue weighted by Crippen LogP contribution is 2.31. The average Bonchev–Trinajstić information content (AvgIpc) is 2.45. The molecule has 2 N–H and O–H groups in total. The second-order valence-corrected chi connectivity index (χ2v) is 4.98. The van der Waals surface area contributed by atoms with Crippen molar-refractivity contribution in [3.63, 3.8) is 0 Å². The van der Waals surface area contributed by atoms with E-state index in [4.69, 9.17) is 21.4 Å². The zero-order valence-corrected chi connectivity index (χ0v) is 12.0. The molecule has 2 rings (SSSR count). The van der Waals surface area contributed by atoms with E-state index in [-0.39, 0.29) is 13.0 Å². The lowest BCUT2D eigenvalue weighted by Gasteiger charge is -2.12. The quantitative estimate of drug-likeness (QED) is 0.860. The lowest BCUT2D eigenvalue weighted by molar-refractivity contribution is -0.139. The number of benzene rings is 2. The van der Waals surface area contributed by atoms with Gasteiger partial charge in [-0.25, -0.2) is 0 Å². The third-order valence-electron chi connectivity index (χ3n) is 2.88. The normalized spacial score (nSPS) is 11.9. The predicted octanol–water partition coefficient (Wildman–Crippen LogP) is 3.22. The number of hydrogen-bond donors (Lipinski definition) is 2. The molecule has 0 unspecified atom stereocenters. The smallest absolute Gasteiger partial charge is 0.306 e. The van der Waals surface area contributed by atoms with E-state index in [1.807, 2.05) is 36.4 Å². The highest BCUT2D eigenvalue weighted by atomic mass is 35.5. The molecule has 2 aromatic carbocycles. The second kappa shape index (κ2) is 7.11. The Morgan fingerprint density at radius 3 is 2.52 bits per heavy atom. The zero-order valence-electron chi connectivity index (χ0n) is 11.2. The Kier molecular flexibility index (Phi) is 5.20. The molecule has 0 spiro atoms. The van der Waals surface area contributed by atoms with Crippen molar-refractivity contribution in [1.29, 1.82) is 0 Å². The van der Waals surface area contributed by atoms with Gasteiger partial charge in [-0.1, -0.05) is 41.9 Å². The van der Waals surface area contributed by atoms with Gasteiger partial charge in [0.25, 0.3) is 0 Å². The van der Waals surface area contributed by atoms with Gasteiger partial charge in [0.15, 0.2) is 0 Å². The summed E-state index contributed by atoms with van der Waals surface area (Å²) in [4.78, 5) is 10.4. The molecule has 0 saturated heterocycles. The second-order valence-electron chi connectivity index (χ2n) is 4.57. The first kappa shape index (κ1) is 15.4. The van der Waals surface area contributed by atoms with E-state index in [1.54, 1.807) is 12.1 Å². The van der Waals surface area contributed by atoms with E-state index < -0.39 is 12.1 Å². The molecule has 0 saturated carbocycles. The minimum atomic E-state index is -1.07. The van der Waals surface area contributed by atoms with Gasteiger partial charge in [0.2, 0.25) is 0 Å². The van der Waals surface area contributed by atoms with Gasteiger partial charge in [0.05, 0.1) is 17.5 Å². The fourth-order valence-electron chi connectivity index (χ4n) is 1.89. The summed E-state index contributed by atoms with van der Waals surface area (Å²) in [6.07, 6.45) is -1.40. The summed E-state index contributed by atoms with van der Waals surface area (Å²) in [5.41, 5.74) is 1.88. The van der Waals surface area contributed by atoms with Crippen LogP contribution < -0.4 is 4.74 Å². The monoisotopic (exact) mass is 306 g/mol. The summed E-state index contributed by atoms with van der Waals surface area (Å²) in [5, 5.41) is 18.5. The molecule has 0 amide bonds. The van der Waals surface area contributed by atoms with E-state index in [2.05, 4.69) is 0 Å². The van der Waals surface area contributed by atoms with Crippen molar-refractivity contribution in [2.45, 2.75) is 12.5 Å². The molecule has 5 heteroatoms. The third kappa shape index (κ3) is 4.48. The van der Waals surface area contributed by atoms with Crippen molar-refractivity contribution in [2.75, 3.05) is 6.61 Å². The van der Waals surface area contributed by atoms with Gasteiger partial charge in [-0.2, -0.15) is 0 Å². The van der Waals surface area contributed by atoms with Crippen LogP contribution in [0.5, 0.6) is 5.75 Å². The maximum absolute atomic E-state index is 10.4. The maximum Gasteiger partial charge on any atom is 0.306 e. The molecule has 0 heterocycles. The van der Waals surface area contributed by atoms with Gasteiger partial charge < -0.3 is 14.9 Å². The van der Waals surface area contributed by atoms with E-state index in [9.17, 15) is 9.90 Å². The minimum Gasteiger partial charge on any atom is -0.491 e. The topological polar surface area (TPSA) is 66.8 Å². The molecule has 1 atom stereocenters. The molecule has 2 aromatic rings. The van der Waals surface area contributed by atoms with Crippen LogP contribution in [-0.2, 0) is 4.79 Å². The van der Waals surface area contributed by atoms with Crippen LogP contribution in [0.15, 0.2) is 48.5 Å². The minimum absolute atomic E-state index is 0.0900. The molecule has 21 heavy (non-hydrogen) atoms. The number of aliphatic carboxylic acids is 1. The Bertz CT molecular complexity index is 613. The Morgan fingerprint density at radius 2 is 1.90 bits per heavy atom. The predicted molar refractivity (Wildman–Crippen MR) is 80.6 cm³/mol. The number of aliphatic hydroxyl groups is 1. The summed E-state index contributed by atoms with van der Waals surface area (Å²) in [6, 6.07) is 14.9. The van der Waals surface area contributed by atoms with Crippen molar-refractivity contribution in [3.8, 4) is 16.9 Å². The van der Waals surface area contributed by atoms with Crippen molar-refractivity contribution in [2.24, 2.45) is 0 Å². The van der Waals surface area contributed by atoms with E-state index in [0.717, 1.165) is 11.1 Å². The number of rotatable bonds is 6. The zero-order chi connectivity index (χ0) is 15.2. The largest absolute Gasteiger partial charge is 0.491 e. The van der Waals surface area contributed by atoms with Gasteiger partial charge in [0, 0.05) is 5.56 Å². The van der Waals surface area contributed by atoms with Crippen LogP contribution in [0.4, 0.5) is 0 Å². The highest BCUT2D eigenvalue weighted by Gasteiger charge is 2.11. The number of ether oxygens (including phenoxy) is 1. The van der Waals surface area contributed by atoms with Crippen LogP contribution in [0, 0.1) is 0 Å². The standard InChI is InChI=1S/C16H15ClO4/c17-15-9-13(21-10-12(18)8-16(19)20)6-7-14(15)11-4-2-1-3-5-11/h1-7,9,12,18H,8,10H2,(H,19,20)/t12-/m0/s1. The molecule has 0 aliphatic heterocycles. The molecular weight excluding hydrogens is 292 g/mol. The third-order valence-corrected chi connectivity index (χ3v) is 3.19. The highest BCUT2D eigenvalue weighted by molar-refractivity contribution is 6.33. The fourth-order valence-corrected chi connectivity index (χ4v) is 2.17. The molecule has 110 valence electrons. The van der Waals surface area contributed by atoms with Crippen molar-refractivity contribution in [3.05, 3.63) is 53.6 Å². The molecule has 0 aromatic heterocycles. The number of carbonyl (C=O) groups is 1. The van der Waals surface area contributed by atoms with Crippen LogP contribution in [0.25, 0.3) is 11.1 Å². The molecule has 0 aliphatic rings. The van der Waals surface area contributed by atoms with E-state index in [1.165, 1.54) is 0 Å². The SMILES string of the molecule is O=C(O)C[C@H](O)COc1ccc(-c2ccccc2)c(Cl)c1. The molecule has 0 fully saturated rings. The van der Waals surface area contributed by atoms with Crippen LogP contribution >= 0.6 is 11.6 Å². The Balaban J connectivity index is 2.04. The van der Waals surface area contributed by atoms with Crippen LogP contribution in [0.1, 0.15) is 6.42 Å². The lowest BCUT2D eigenvalue weighted by Crippen LogP contribution is -2.21. The van der Waals surface area contributed by atoms with Gasteiger partial charge in [0.1, 0.15) is 12.4 Å². The average molecular weight is 307 g/mol. The van der Waals surface area contributed by atoms with Gasteiger partial charge >= 0.3 is 5.97 Å². The van der Waals surface area contributed by atoms with Crippen LogP contribution in [0.3, 0.4) is 0 Å². The van der Waals surface area contributed by atoms with E-state index >= 15 is 0 Å². The van der Waals surface area contributed by atoms with Gasteiger partial charge in [-0.3, -0.25) is 4.79 Å². The lowest BCUT2D eigenvalue weighted by atomic mass is 10.1. The summed E-state index contributed by atoms with van der Waals surface area (Å²) < 4.78 is 5.34. The number of carboxylic acid groups (broad SMARTS) is 1. The first-order chi connectivity index (χ1) is 10.1. The number of hydrogen-bond acceptors (Lipinski definition) is 3. The van der Waals surface area contributed by atoms with Crippen molar-refractivity contribution < 1.29 is 19.7 Å². The van der Waals surface area contributed by atoms with Crippen molar-refractivity contribution in [1.82, 2.24) is 0 Å². The fraction of sp³-hybridized carbons (Fsp3) is 0.188. The van der Waals surface area contributed by atoms with Gasteiger partial charge in [-0.15, -0.1) is 0 Å². The Morgan fingerprint density at radius 1 is 1.19 bits per heavy atom. The summed E-state index contributed by atoms with van der Waals surface area (Å²) in [6.45, 7) is -0.0900. The maximum atomic E-state index is 10.4. The van der Waals surface area contributed by atoms with Crippen LogP contribution in [0.2, 0.25) is 5.02 Å². The van der Waals surface area contributed by atoms with E-state index in [0.29, 0.717) is 10.8 Å². The molecule has 0 aliphatic carbocycles. The first-order valence-electron chi connectivity index (χ1n) is 6.44.